The van der Waals surface area contributed by atoms with Crippen molar-refractivity contribution in [3.05, 3.63) is 17.1 Å². The molecule has 2 rings (SSSR count). The number of anilines is 1. The Kier molecular flexibility index (Phi) is 2.17. The molecule has 1 aromatic heterocycles. The van der Waals surface area contributed by atoms with E-state index in [0.29, 0.717) is 25.5 Å². The molecule has 1 aliphatic rings. The van der Waals surface area contributed by atoms with E-state index in [1.807, 2.05) is 0 Å². The van der Waals surface area contributed by atoms with Crippen molar-refractivity contribution >= 4 is 11.6 Å². The standard InChI is InChI=1S/C9H11N3O2/c1-5(13)9-11-7-2-3-14-4-6(7)8(10)12-9/h2-4H2,1H3,(H2,10,11,12). The number of carbonyl (C=O) groups is 1. The van der Waals surface area contributed by atoms with Crippen LogP contribution in [0.4, 0.5) is 5.82 Å². The van der Waals surface area contributed by atoms with Crippen molar-refractivity contribution < 1.29 is 9.53 Å². The van der Waals surface area contributed by atoms with Gasteiger partial charge in [-0.3, -0.25) is 4.79 Å². The lowest BCUT2D eigenvalue weighted by Crippen LogP contribution is -2.18. The Bertz CT molecular complexity index is 390. The average molecular weight is 193 g/mol. The molecular formula is C9H11N3O2. The van der Waals surface area contributed by atoms with Crippen LogP contribution >= 0.6 is 0 Å². The van der Waals surface area contributed by atoms with E-state index in [1.165, 1.54) is 6.92 Å². The largest absolute Gasteiger partial charge is 0.383 e. The molecule has 0 radical (unpaired) electrons. The Labute approximate surface area is 81.3 Å². The number of carbonyl (C=O) groups excluding carboxylic acids is 1. The maximum Gasteiger partial charge on any atom is 0.197 e. The van der Waals surface area contributed by atoms with Crippen molar-refractivity contribution in [2.75, 3.05) is 12.3 Å². The minimum Gasteiger partial charge on any atom is -0.383 e. The second-order valence-electron chi connectivity index (χ2n) is 3.22. The predicted octanol–water partition coefficient (Wildman–Crippen LogP) is 0.334. The summed E-state index contributed by atoms with van der Waals surface area (Å²) in [6, 6.07) is 0. The Balaban J connectivity index is 2.51. The number of nitrogens with two attached hydrogens (primary N) is 1. The molecule has 2 heterocycles. The molecule has 0 bridgehead atoms. The number of fused-ring (bicyclic) bond motifs is 1. The lowest BCUT2D eigenvalue weighted by atomic mass is 10.1. The maximum atomic E-state index is 11.1. The molecule has 74 valence electrons. The molecule has 0 fully saturated rings. The zero-order chi connectivity index (χ0) is 10.1. The second-order valence-corrected chi connectivity index (χ2v) is 3.22. The average Bonchev–Trinajstić information content (AvgIpc) is 2.17. The smallest absolute Gasteiger partial charge is 0.197 e. The highest BCUT2D eigenvalue weighted by Crippen LogP contribution is 2.19. The summed E-state index contributed by atoms with van der Waals surface area (Å²) in [7, 11) is 0. The van der Waals surface area contributed by atoms with Gasteiger partial charge in [-0.25, -0.2) is 9.97 Å². The Morgan fingerprint density at radius 3 is 3.00 bits per heavy atom. The summed E-state index contributed by atoms with van der Waals surface area (Å²) < 4.78 is 5.23. The summed E-state index contributed by atoms with van der Waals surface area (Å²) in [4.78, 5) is 19.1. The minimum atomic E-state index is -0.161. The van der Waals surface area contributed by atoms with Gasteiger partial charge in [0.15, 0.2) is 11.6 Å². The van der Waals surface area contributed by atoms with Gasteiger partial charge in [0.2, 0.25) is 0 Å². The summed E-state index contributed by atoms with van der Waals surface area (Å²) in [5.41, 5.74) is 7.36. The van der Waals surface area contributed by atoms with Crippen molar-refractivity contribution in [2.24, 2.45) is 0 Å². The highest BCUT2D eigenvalue weighted by molar-refractivity contribution is 5.90. The predicted molar refractivity (Wildman–Crippen MR) is 49.8 cm³/mol. The van der Waals surface area contributed by atoms with Gasteiger partial charge >= 0.3 is 0 Å². The SMILES string of the molecule is CC(=O)c1nc(N)c2c(n1)CCOC2. The van der Waals surface area contributed by atoms with Gasteiger partial charge in [-0.15, -0.1) is 0 Å². The number of ether oxygens (including phenoxy) is 1. The van der Waals surface area contributed by atoms with Crippen LogP contribution in [0.25, 0.3) is 0 Å². The van der Waals surface area contributed by atoms with Crippen molar-refractivity contribution in [2.45, 2.75) is 20.0 Å². The summed E-state index contributed by atoms with van der Waals surface area (Å²) in [6.45, 7) is 2.50. The molecule has 14 heavy (non-hydrogen) atoms. The van der Waals surface area contributed by atoms with E-state index in [2.05, 4.69) is 9.97 Å². The summed E-state index contributed by atoms with van der Waals surface area (Å²) in [6.07, 6.45) is 0.697. The Morgan fingerprint density at radius 2 is 2.29 bits per heavy atom. The number of hydrogen-bond acceptors (Lipinski definition) is 5. The molecule has 0 amide bonds. The molecule has 5 heteroatoms. The summed E-state index contributed by atoms with van der Waals surface area (Å²) in [5.74, 6) is 0.397. The van der Waals surface area contributed by atoms with E-state index < -0.39 is 0 Å². The normalized spacial score (nSPS) is 14.9. The third-order valence-electron chi connectivity index (χ3n) is 2.17. The molecule has 0 aliphatic carbocycles. The Hall–Kier alpha value is -1.49. The first-order valence-corrected chi connectivity index (χ1v) is 4.42. The fourth-order valence-corrected chi connectivity index (χ4v) is 1.41. The zero-order valence-corrected chi connectivity index (χ0v) is 7.91. The van der Waals surface area contributed by atoms with Crippen molar-refractivity contribution in [1.82, 2.24) is 9.97 Å². The van der Waals surface area contributed by atoms with Gasteiger partial charge in [-0.05, 0) is 0 Å². The number of rotatable bonds is 1. The van der Waals surface area contributed by atoms with Crippen LogP contribution in [0, 0.1) is 0 Å². The van der Waals surface area contributed by atoms with Gasteiger partial charge in [0.05, 0.1) is 18.9 Å². The molecular weight excluding hydrogens is 182 g/mol. The molecule has 0 unspecified atom stereocenters. The third kappa shape index (κ3) is 1.46. The number of hydrogen-bond donors (Lipinski definition) is 1. The number of nitrogens with zero attached hydrogens (tertiary/aromatic N) is 2. The van der Waals surface area contributed by atoms with E-state index in [1.54, 1.807) is 0 Å². The fraction of sp³-hybridized carbons (Fsp3) is 0.444. The van der Waals surface area contributed by atoms with Crippen LogP contribution < -0.4 is 5.73 Å². The van der Waals surface area contributed by atoms with Gasteiger partial charge in [0, 0.05) is 18.9 Å². The Morgan fingerprint density at radius 1 is 1.50 bits per heavy atom. The fourth-order valence-electron chi connectivity index (χ4n) is 1.41. The summed E-state index contributed by atoms with van der Waals surface area (Å²) in [5, 5.41) is 0. The zero-order valence-electron chi connectivity index (χ0n) is 7.91. The van der Waals surface area contributed by atoms with Crippen LogP contribution in [0.2, 0.25) is 0 Å². The molecule has 2 N–H and O–H groups in total. The first-order valence-electron chi connectivity index (χ1n) is 4.42. The monoisotopic (exact) mass is 193 g/mol. The van der Waals surface area contributed by atoms with Crippen molar-refractivity contribution in [3.63, 3.8) is 0 Å². The number of Topliss-reactive ketones (excluding diaryl/α,β-unsaturated/α-hetero) is 1. The first kappa shape index (κ1) is 9.08. The van der Waals surface area contributed by atoms with E-state index in [-0.39, 0.29) is 11.6 Å². The number of nitrogen functional groups attached to an aromatic ring is 1. The van der Waals surface area contributed by atoms with Crippen molar-refractivity contribution in [1.29, 1.82) is 0 Å². The minimum absolute atomic E-state index is 0.161. The van der Waals surface area contributed by atoms with Crippen LogP contribution in [0.1, 0.15) is 28.8 Å². The quantitative estimate of drug-likeness (QED) is 0.650. The molecule has 0 spiro atoms. The molecule has 0 saturated carbocycles. The summed E-state index contributed by atoms with van der Waals surface area (Å²) >= 11 is 0. The maximum absolute atomic E-state index is 11.1. The highest BCUT2D eigenvalue weighted by atomic mass is 16.5. The molecule has 5 nitrogen and oxygen atoms in total. The molecule has 1 aliphatic heterocycles. The van der Waals surface area contributed by atoms with Gasteiger partial charge in [0.25, 0.3) is 0 Å². The van der Waals surface area contributed by atoms with Crippen LogP contribution in [-0.4, -0.2) is 22.4 Å². The van der Waals surface area contributed by atoms with Crippen LogP contribution in [-0.2, 0) is 17.8 Å². The van der Waals surface area contributed by atoms with E-state index >= 15 is 0 Å². The van der Waals surface area contributed by atoms with E-state index in [9.17, 15) is 4.79 Å². The van der Waals surface area contributed by atoms with E-state index in [0.717, 1.165) is 11.3 Å². The number of aromatic nitrogens is 2. The highest BCUT2D eigenvalue weighted by Gasteiger charge is 2.17. The topological polar surface area (TPSA) is 78.1 Å². The van der Waals surface area contributed by atoms with Crippen LogP contribution in [0.5, 0.6) is 0 Å². The molecule has 1 aromatic rings. The van der Waals surface area contributed by atoms with Gasteiger partial charge in [-0.2, -0.15) is 0 Å². The third-order valence-corrected chi connectivity index (χ3v) is 2.17. The molecule has 0 saturated heterocycles. The number of ketones is 1. The molecule has 0 aromatic carbocycles. The van der Waals surface area contributed by atoms with E-state index in [4.69, 9.17) is 10.5 Å². The van der Waals surface area contributed by atoms with Crippen LogP contribution in [0.15, 0.2) is 0 Å². The second kappa shape index (κ2) is 3.34. The van der Waals surface area contributed by atoms with Gasteiger partial charge in [-0.1, -0.05) is 0 Å². The first-order chi connectivity index (χ1) is 6.68. The van der Waals surface area contributed by atoms with Gasteiger partial charge in [0.1, 0.15) is 5.82 Å². The lowest BCUT2D eigenvalue weighted by Gasteiger charge is -2.16. The van der Waals surface area contributed by atoms with Gasteiger partial charge < -0.3 is 10.5 Å². The van der Waals surface area contributed by atoms with Crippen molar-refractivity contribution in [3.8, 4) is 0 Å². The molecule has 0 atom stereocenters. The lowest BCUT2D eigenvalue weighted by molar-refractivity contribution is 0.0994. The van der Waals surface area contributed by atoms with Crippen LogP contribution in [0.3, 0.4) is 0 Å².